The van der Waals surface area contributed by atoms with Crippen LogP contribution in [0.3, 0.4) is 0 Å². The highest BCUT2D eigenvalue weighted by atomic mass is 32.1. The number of rotatable bonds is 12. The van der Waals surface area contributed by atoms with Gasteiger partial charge < -0.3 is 32.5 Å². The smallest absolute Gasteiger partial charge is 0.326 e. The molecule has 3 atom stereocenters. The highest BCUT2D eigenvalue weighted by Gasteiger charge is 2.26. The summed E-state index contributed by atoms with van der Waals surface area (Å²) in [6.45, 7) is 3.13. The molecule has 154 valence electrons. The highest BCUT2D eigenvalue weighted by Crippen LogP contribution is 2.05. The predicted octanol–water partition coefficient (Wildman–Crippen LogP) is -2.66. The predicted molar refractivity (Wildman–Crippen MR) is 99.6 cm³/mol. The van der Waals surface area contributed by atoms with Crippen LogP contribution >= 0.6 is 12.6 Å². The Morgan fingerprint density at radius 2 is 1.63 bits per heavy atom. The molecule has 0 bridgehead atoms. The van der Waals surface area contributed by atoms with E-state index in [0.717, 1.165) is 0 Å². The molecule has 0 spiro atoms. The van der Waals surface area contributed by atoms with Crippen LogP contribution in [0.1, 0.15) is 26.7 Å². The third-order valence-corrected chi connectivity index (χ3v) is 3.70. The second-order valence-corrected chi connectivity index (χ2v) is 6.69. The number of primary amides is 1. The van der Waals surface area contributed by atoms with Gasteiger partial charge >= 0.3 is 5.97 Å². The SMILES string of the molecule is CC(C)CC(NC(=O)C(CS)NC(=O)CNC(=O)C(N)CC(N)=O)C(=O)O. The second-order valence-electron chi connectivity index (χ2n) is 6.33. The molecule has 3 unspecified atom stereocenters. The van der Waals surface area contributed by atoms with Crippen LogP contribution in [0.2, 0.25) is 0 Å². The number of nitrogens with two attached hydrogens (primary N) is 2. The Morgan fingerprint density at radius 3 is 2.07 bits per heavy atom. The third kappa shape index (κ3) is 10.4. The Morgan fingerprint density at radius 1 is 1.04 bits per heavy atom. The van der Waals surface area contributed by atoms with Gasteiger partial charge in [0.05, 0.1) is 19.0 Å². The normalized spacial score (nSPS) is 14.0. The van der Waals surface area contributed by atoms with Gasteiger partial charge in [0.25, 0.3) is 0 Å². The number of amides is 4. The van der Waals surface area contributed by atoms with Crippen molar-refractivity contribution in [2.75, 3.05) is 12.3 Å². The van der Waals surface area contributed by atoms with Crippen molar-refractivity contribution >= 4 is 42.2 Å². The summed E-state index contributed by atoms with van der Waals surface area (Å²) in [5.41, 5.74) is 10.3. The highest BCUT2D eigenvalue weighted by molar-refractivity contribution is 7.80. The van der Waals surface area contributed by atoms with Gasteiger partial charge in [-0.15, -0.1) is 0 Å². The summed E-state index contributed by atoms with van der Waals surface area (Å²) >= 11 is 3.97. The zero-order valence-electron chi connectivity index (χ0n) is 15.2. The van der Waals surface area contributed by atoms with Crippen LogP contribution in [0.5, 0.6) is 0 Å². The molecular formula is C15H27N5O6S. The molecule has 0 aromatic rings. The lowest BCUT2D eigenvalue weighted by atomic mass is 10.0. The number of hydrogen-bond donors (Lipinski definition) is 7. The standard InChI is InChI=1S/C15H27N5O6S/c1-7(2)3-9(15(25)26)20-14(24)10(6-27)19-12(22)5-18-13(23)8(16)4-11(17)21/h7-10,27H,3-6,16H2,1-2H3,(H2,17,21)(H,18,23)(H,19,22)(H,20,24)(H,25,26). The fourth-order valence-corrected chi connectivity index (χ4v) is 2.27. The van der Waals surface area contributed by atoms with Gasteiger partial charge in [-0.3, -0.25) is 19.2 Å². The van der Waals surface area contributed by atoms with Gasteiger partial charge in [-0.2, -0.15) is 12.6 Å². The summed E-state index contributed by atoms with van der Waals surface area (Å²) in [5, 5.41) is 16.0. The summed E-state index contributed by atoms with van der Waals surface area (Å²) in [4.78, 5) is 57.6. The largest absolute Gasteiger partial charge is 0.480 e. The number of carbonyl (C=O) groups excluding carboxylic acids is 4. The molecule has 0 aliphatic carbocycles. The van der Waals surface area contributed by atoms with E-state index in [-0.39, 0.29) is 24.5 Å². The van der Waals surface area contributed by atoms with Crippen molar-refractivity contribution in [1.82, 2.24) is 16.0 Å². The van der Waals surface area contributed by atoms with Crippen molar-refractivity contribution < 1.29 is 29.1 Å². The monoisotopic (exact) mass is 405 g/mol. The van der Waals surface area contributed by atoms with E-state index >= 15 is 0 Å². The minimum Gasteiger partial charge on any atom is -0.480 e. The first-order chi connectivity index (χ1) is 12.5. The van der Waals surface area contributed by atoms with Gasteiger partial charge in [-0.25, -0.2) is 4.79 Å². The summed E-state index contributed by atoms with van der Waals surface area (Å²) in [6.07, 6.45) is -0.149. The van der Waals surface area contributed by atoms with Crippen LogP contribution in [0.15, 0.2) is 0 Å². The first-order valence-electron chi connectivity index (χ1n) is 8.22. The molecule has 0 aliphatic rings. The van der Waals surface area contributed by atoms with E-state index in [9.17, 15) is 24.0 Å². The van der Waals surface area contributed by atoms with E-state index in [1.165, 1.54) is 0 Å². The number of carboxylic acids is 1. The fraction of sp³-hybridized carbons (Fsp3) is 0.667. The number of thiol groups is 1. The number of aliphatic carboxylic acids is 1. The van der Waals surface area contributed by atoms with E-state index < -0.39 is 54.3 Å². The molecule has 0 heterocycles. The summed E-state index contributed by atoms with van der Waals surface area (Å²) in [6, 6.07) is -3.37. The number of hydrogen-bond acceptors (Lipinski definition) is 7. The lowest BCUT2D eigenvalue weighted by Crippen LogP contribution is -2.54. The molecule has 0 rings (SSSR count). The Hall–Kier alpha value is -2.34. The van der Waals surface area contributed by atoms with Crippen LogP contribution < -0.4 is 27.4 Å². The first kappa shape index (κ1) is 24.7. The Bertz CT molecular complexity index is 571. The maximum atomic E-state index is 12.2. The molecule has 0 fully saturated rings. The Balaban J connectivity index is 4.61. The quantitative estimate of drug-likeness (QED) is 0.172. The molecule has 0 saturated heterocycles. The Kier molecular flexibility index (Phi) is 11.1. The van der Waals surface area contributed by atoms with Crippen LogP contribution in [-0.4, -0.2) is 65.1 Å². The van der Waals surface area contributed by atoms with E-state index in [2.05, 4.69) is 28.6 Å². The van der Waals surface area contributed by atoms with Gasteiger partial charge in [-0.05, 0) is 12.3 Å². The number of carbonyl (C=O) groups is 5. The fourth-order valence-electron chi connectivity index (χ4n) is 2.01. The molecular weight excluding hydrogens is 378 g/mol. The molecule has 0 aromatic carbocycles. The molecule has 0 aliphatic heterocycles. The van der Waals surface area contributed by atoms with Crippen molar-refractivity contribution in [1.29, 1.82) is 0 Å². The van der Waals surface area contributed by atoms with Crippen LogP contribution in [-0.2, 0) is 24.0 Å². The maximum Gasteiger partial charge on any atom is 0.326 e. The molecule has 27 heavy (non-hydrogen) atoms. The average molecular weight is 405 g/mol. The van der Waals surface area contributed by atoms with Crippen molar-refractivity contribution in [2.24, 2.45) is 17.4 Å². The third-order valence-electron chi connectivity index (χ3n) is 3.34. The average Bonchev–Trinajstić information content (AvgIpc) is 2.55. The summed E-state index contributed by atoms with van der Waals surface area (Å²) in [7, 11) is 0. The molecule has 4 amide bonds. The summed E-state index contributed by atoms with van der Waals surface area (Å²) in [5.74, 6) is -4.15. The lowest BCUT2D eigenvalue weighted by molar-refractivity contribution is -0.142. The maximum absolute atomic E-state index is 12.2. The van der Waals surface area contributed by atoms with E-state index in [1.54, 1.807) is 0 Å². The minimum absolute atomic E-state index is 0.0373. The number of carboxylic acid groups (broad SMARTS) is 1. The zero-order valence-corrected chi connectivity index (χ0v) is 16.1. The van der Waals surface area contributed by atoms with Crippen LogP contribution in [0, 0.1) is 5.92 Å². The van der Waals surface area contributed by atoms with E-state index in [0.29, 0.717) is 0 Å². The van der Waals surface area contributed by atoms with Gasteiger partial charge in [0, 0.05) is 5.75 Å². The van der Waals surface area contributed by atoms with Gasteiger partial charge in [-0.1, -0.05) is 13.8 Å². The molecule has 11 nitrogen and oxygen atoms in total. The second kappa shape index (κ2) is 12.1. The van der Waals surface area contributed by atoms with Crippen LogP contribution in [0.25, 0.3) is 0 Å². The first-order valence-corrected chi connectivity index (χ1v) is 8.86. The van der Waals surface area contributed by atoms with E-state index in [4.69, 9.17) is 16.6 Å². The molecule has 0 aromatic heterocycles. The topological polar surface area (TPSA) is 194 Å². The Labute approximate surface area is 162 Å². The molecule has 0 radical (unpaired) electrons. The zero-order chi connectivity index (χ0) is 21.1. The van der Waals surface area contributed by atoms with Crippen molar-refractivity contribution in [3.05, 3.63) is 0 Å². The van der Waals surface area contributed by atoms with Gasteiger partial charge in [0.2, 0.25) is 23.6 Å². The van der Waals surface area contributed by atoms with Crippen molar-refractivity contribution in [2.45, 2.75) is 44.8 Å². The minimum atomic E-state index is -1.19. The van der Waals surface area contributed by atoms with Gasteiger partial charge in [0.15, 0.2) is 0 Å². The molecule has 8 N–H and O–H groups in total. The molecule has 12 heteroatoms. The van der Waals surface area contributed by atoms with Gasteiger partial charge in [0.1, 0.15) is 12.1 Å². The number of nitrogens with one attached hydrogen (secondary N) is 3. The summed E-state index contributed by atoms with van der Waals surface area (Å²) < 4.78 is 0. The lowest BCUT2D eigenvalue weighted by Gasteiger charge is -2.21. The van der Waals surface area contributed by atoms with Crippen molar-refractivity contribution in [3.8, 4) is 0 Å². The van der Waals surface area contributed by atoms with Crippen LogP contribution in [0.4, 0.5) is 0 Å². The van der Waals surface area contributed by atoms with Crippen molar-refractivity contribution in [3.63, 3.8) is 0 Å². The molecule has 0 saturated carbocycles. The van der Waals surface area contributed by atoms with E-state index in [1.807, 2.05) is 13.8 Å².